The van der Waals surface area contributed by atoms with Gasteiger partial charge >= 0.3 is 0 Å². The zero-order valence-electron chi connectivity index (χ0n) is 13.5. The Morgan fingerprint density at radius 3 is 2.70 bits per heavy atom. The van der Waals surface area contributed by atoms with Crippen LogP contribution in [0.15, 0.2) is 17.5 Å². The molecule has 1 aliphatic rings. The zero-order chi connectivity index (χ0) is 17.0. The van der Waals surface area contributed by atoms with Crippen LogP contribution in [0.3, 0.4) is 0 Å². The van der Waals surface area contributed by atoms with Crippen molar-refractivity contribution in [1.82, 2.24) is 10.2 Å². The highest BCUT2D eigenvalue weighted by atomic mass is 32.1. The summed E-state index contributed by atoms with van der Waals surface area (Å²) in [5, 5.41) is 4.59. The number of carbonyl (C=O) groups excluding carboxylic acids is 3. The summed E-state index contributed by atoms with van der Waals surface area (Å²) in [6.45, 7) is 4.71. The molecule has 3 N–H and O–H groups in total. The maximum Gasteiger partial charge on any atom is 0.263 e. The third kappa shape index (κ3) is 4.31. The average molecular weight is 337 g/mol. The SMILES string of the molecule is CC(C)[C@H](NC(=O)[C@H]1CCCN(C(=O)c2cccs2)C1)C(N)=O. The van der Waals surface area contributed by atoms with E-state index < -0.39 is 11.9 Å². The Kier molecular flexibility index (Phi) is 5.76. The molecule has 126 valence electrons. The quantitative estimate of drug-likeness (QED) is 0.846. The van der Waals surface area contributed by atoms with Crippen molar-refractivity contribution < 1.29 is 14.4 Å². The van der Waals surface area contributed by atoms with E-state index in [9.17, 15) is 14.4 Å². The van der Waals surface area contributed by atoms with Crippen LogP contribution in [0.4, 0.5) is 0 Å². The fourth-order valence-electron chi connectivity index (χ4n) is 2.77. The van der Waals surface area contributed by atoms with Crippen molar-refractivity contribution in [2.75, 3.05) is 13.1 Å². The van der Waals surface area contributed by atoms with E-state index >= 15 is 0 Å². The Morgan fingerprint density at radius 1 is 1.39 bits per heavy atom. The van der Waals surface area contributed by atoms with Crippen LogP contribution in [0.2, 0.25) is 0 Å². The summed E-state index contributed by atoms with van der Waals surface area (Å²) in [4.78, 5) is 38.6. The molecule has 0 radical (unpaired) electrons. The largest absolute Gasteiger partial charge is 0.368 e. The summed E-state index contributed by atoms with van der Waals surface area (Å²) in [5.74, 6) is -1.13. The molecule has 0 aliphatic carbocycles. The topological polar surface area (TPSA) is 92.5 Å². The van der Waals surface area contributed by atoms with Crippen LogP contribution in [-0.4, -0.2) is 41.8 Å². The second kappa shape index (κ2) is 7.59. The summed E-state index contributed by atoms with van der Waals surface area (Å²) < 4.78 is 0. The van der Waals surface area contributed by atoms with Crippen LogP contribution in [0.25, 0.3) is 0 Å². The molecule has 3 amide bonds. The number of carbonyl (C=O) groups is 3. The predicted molar refractivity (Wildman–Crippen MR) is 88.9 cm³/mol. The van der Waals surface area contributed by atoms with Gasteiger partial charge in [-0.05, 0) is 30.2 Å². The zero-order valence-corrected chi connectivity index (χ0v) is 14.3. The smallest absolute Gasteiger partial charge is 0.263 e. The van der Waals surface area contributed by atoms with Crippen molar-refractivity contribution >= 4 is 29.1 Å². The highest BCUT2D eigenvalue weighted by molar-refractivity contribution is 7.12. The number of hydrogen-bond acceptors (Lipinski definition) is 4. The first-order chi connectivity index (χ1) is 10.9. The van der Waals surface area contributed by atoms with E-state index in [1.807, 2.05) is 25.3 Å². The van der Waals surface area contributed by atoms with Crippen molar-refractivity contribution in [3.8, 4) is 0 Å². The van der Waals surface area contributed by atoms with Crippen LogP contribution in [0, 0.1) is 11.8 Å². The predicted octanol–water partition coefficient (Wildman–Crippen LogP) is 1.23. The highest BCUT2D eigenvalue weighted by Gasteiger charge is 2.31. The van der Waals surface area contributed by atoms with E-state index in [0.29, 0.717) is 24.4 Å². The molecular weight excluding hydrogens is 314 g/mol. The molecule has 1 aliphatic heterocycles. The van der Waals surface area contributed by atoms with Crippen LogP contribution in [0.1, 0.15) is 36.4 Å². The maximum atomic E-state index is 12.4. The van der Waals surface area contributed by atoms with Gasteiger partial charge in [0, 0.05) is 13.1 Å². The number of thiophene rings is 1. The second-order valence-corrected chi connectivity index (χ2v) is 7.15. The molecule has 1 aromatic rings. The fourth-order valence-corrected chi connectivity index (χ4v) is 3.46. The maximum absolute atomic E-state index is 12.4. The lowest BCUT2D eigenvalue weighted by Crippen LogP contribution is -2.52. The minimum absolute atomic E-state index is 0.0344. The van der Waals surface area contributed by atoms with Crippen molar-refractivity contribution in [2.45, 2.75) is 32.7 Å². The molecule has 1 aromatic heterocycles. The monoisotopic (exact) mass is 337 g/mol. The molecule has 6 nitrogen and oxygen atoms in total. The first kappa shape index (κ1) is 17.5. The number of nitrogens with one attached hydrogen (secondary N) is 1. The van der Waals surface area contributed by atoms with Crippen LogP contribution >= 0.6 is 11.3 Å². The molecule has 0 unspecified atom stereocenters. The number of nitrogens with two attached hydrogens (primary N) is 1. The van der Waals surface area contributed by atoms with E-state index in [0.717, 1.165) is 6.42 Å². The Morgan fingerprint density at radius 2 is 2.13 bits per heavy atom. The normalized spacial score (nSPS) is 19.4. The van der Waals surface area contributed by atoms with E-state index in [1.165, 1.54) is 11.3 Å². The summed E-state index contributed by atoms with van der Waals surface area (Å²) in [6.07, 6.45) is 1.49. The Balaban J connectivity index is 1.99. The first-order valence-electron chi connectivity index (χ1n) is 7.82. The number of nitrogens with zero attached hydrogens (tertiary/aromatic N) is 1. The molecule has 7 heteroatoms. The molecule has 2 heterocycles. The van der Waals surface area contributed by atoms with Gasteiger partial charge in [-0.3, -0.25) is 14.4 Å². The first-order valence-corrected chi connectivity index (χ1v) is 8.70. The number of likely N-dealkylation sites (tertiary alicyclic amines) is 1. The lowest BCUT2D eigenvalue weighted by Gasteiger charge is -2.32. The minimum atomic E-state index is -0.675. The Hall–Kier alpha value is -1.89. The van der Waals surface area contributed by atoms with Gasteiger partial charge in [-0.2, -0.15) is 0 Å². The van der Waals surface area contributed by atoms with E-state index in [-0.39, 0.29) is 23.7 Å². The average Bonchev–Trinajstić information content (AvgIpc) is 3.05. The number of hydrogen-bond donors (Lipinski definition) is 2. The third-order valence-corrected chi connectivity index (χ3v) is 4.94. The van der Waals surface area contributed by atoms with Crippen LogP contribution in [0.5, 0.6) is 0 Å². The van der Waals surface area contributed by atoms with Crippen LogP contribution in [-0.2, 0) is 9.59 Å². The van der Waals surface area contributed by atoms with Crippen molar-refractivity contribution in [3.05, 3.63) is 22.4 Å². The molecule has 23 heavy (non-hydrogen) atoms. The van der Waals surface area contributed by atoms with Crippen molar-refractivity contribution in [1.29, 1.82) is 0 Å². The lowest BCUT2D eigenvalue weighted by atomic mass is 9.95. The Bertz CT molecular complexity index is 571. The summed E-state index contributed by atoms with van der Waals surface area (Å²) >= 11 is 1.40. The molecular formula is C16H23N3O3S. The lowest BCUT2D eigenvalue weighted by molar-refractivity contribution is -0.131. The van der Waals surface area contributed by atoms with Gasteiger partial charge in [0.2, 0.25) is 11.8 Å². The highest BCUT2D eigenvalue weighted by Crippen LogP contribution is 2.21. The van der Waals surface area contributed by atoms with E-state index in [2.05, 4.69) is 5.32 Å². The minimum Gasteiger partial charge on any atom is -0.368 e. The summed E-state index contributed by atoms with van der Waals surface area (Å²) in [6, 6.07) is 2.95. The van der Waals surface area contributed by atoms with Gasteiger partial charge in [0.25, 0.3) is 5.91 Å². The summed E-state index contributed by atoms with van der Waals surface area (Å²) in [5.41, 5.74) is 5.34. The number of piperidine rings is 1. The molecule has 0 spiro atoms. The van der Waals surface area contributed by atoms with Gasteiger partial charge in [-0.15, -0.1) is 11.3 Å². The number of amides is 3. The van der Waals surface area contributed by atoms with Gasteiger partial charge in [0.15, 0.2) is 0 Å². The molecule has 2 atom stereocenters. The van der Waals surface area contributed by atoms with Gasteiger partial charge in [0.1, 0.15) is 6.04 Å². The van der Waals surface area contributed by atoms with Crippen LogP contribution < -0.4 is 11.1 Å². The molecule has 0 aromatic carbocycles. The third-order valence-electron chi connectivity index (χ3n) is 4.08. The second-order valence-electron chi connectivity index (χ2n) is 6.20. The summed E-state index contributed by atoms with van der Waals surface area (Å²) in [7, 11) is 0. The van der Waals surface area contributed by atoms with Gasteiger partial charge in [-0.25, -0.2) is 0 Å². The molecule has 1 saturated heterocycles. The molecule has 2 rings (SSSR count). The molecule has 0 saturated carbocycles. The molecule has 1 fully saturated rings. The van der Waals surface area contributed by atoms with Gasteiger partial charge < -0.3 is 16.0 Å². The van der Waals surface area contributed by atoms with E-state index in [4.69, 9.17) is 5.73 Å². The number of rotatable bonds is 5. The van der Waals surface area contributed by atoms with Gasteiger partial charge in [0.05, 0.1) is 10.8 Å². The van der Waals surface area contributed by atoms with Crippen molar-refractivity contribution in [3.63, 3.8) is 0 Å². The number of primary amides is 1. The molecule has 0 bridgehead atoms. The standard InChI is InChI=1S/C16H23N3O3S/c1-10(2)13(14(17)20)18-15(21)11-5-3-7-19(9-11)16(22)12-6-4-8-23-12/h4,6,8,10-11,13H,3,5,7,9H2,1-2H3,(H2,17,20)(H,18,21)/t11-,13-/m0/s1. The Labute approximate surface area is 140 Å². The fraction of sp³-hybridized carbons (Fsp3) is 0.562. The van der Waals surface area contributed by atoms with Crippen molar-refractivity contribution in [2.24, 2.45) is 17.6 Å². The van der Waals surface area contributed by atoms with Gasteiger partial charge in [-0.1, -0.05) is 19.9 Å². The van der Waals surface area contributed by atoms with E-state index in [1.54, 1.807) is 11.0 Å².